The van der Waals surface area contributed by atoms with Crippen molar-refractivity contribution >= 4 is 29.9 Å². The summed E-state index contributed by atoms with van der Waals surface area (Å²) in [6, 6.07) is 6.02. The van der Waals surface area contributed by atoms with Gasteiger partial charge in [-0.25, -0.2) is 0 Å². The smallest absolute Gasteiger partial charge is 0.191 e. The molecule has 1 aliphatic rings. The Morgan fingerprint density at radius 2 is 2.00 bits per heavy atom. The summed E-state index contributed by atoms with van der Waals surface area (Å²) in [6.45, 7) is 3.72. The maximum Gasteiger partial charge on any atom is 0.191 e. The lowest BCUT2D eigenvalue weighted by molar-refractivity contribution is 0.207. The van der Waals surface area contributed by atoms with Crippen molar-refractivity contribution in [3.05, 3.63) is 23.8 Å². The molecule has 0 amide bonds. The van der Waals surface area contributed by atoms with Crippen LogP contribution in [0.4, 0.5) is 0 Å². The second-order valence-corrected chi connectivity index (χ2v) is 5.85. The Balaban J connectivity index is 0.00000288. The van der Waals surface area contributed by atoms with E-state index in [4.69, 9.17) is 9.47 Å². The highest BCUT2D eigenvalue weighted by Crippen LogP contribution is 2.29. The molecule has 0 aromatic heterocycles. The van der Waals surface area contributed by atoms with Gasteiger partial charge in [-0.2, -0.15) is 0 Å². The van der Waals surface area contributed by atoms with Crippen molar-refractivity contribution in [2.75, 3.05) is 20.7 Å². The third-order valence-electron chi connectivity index (χ3n) is 4.08. The van der Waals surface area contributed by atoms with Gasteiger partial charge in [-0.1, -0.05) is 6.92 Å². The van der Waals surface area contributed by atoms with Crippen LogP contribution in [0.15, 0.2) is 23.2 Å². The predicted molar refractivity (Wildman–Crippen MR) is 110 cm³/mol. The van der Waals surface area contributed by atoms with E-state index in [9.17, 15) is 0 Å². The molecule has 136 valence electrons. The van der Waals surface area contributed by atoms with Crippen molar-refractivity contribution in [3.63, 3.8) is 0 Å². The van der Waals surface area contributed by atoms with Crippen LogP contribution in [0.3, 0.4) is 0 Å². The Morgan fingerprint density at radius 3 is 2.62 bits per heavy atom. The summed E-state index contributed by atoms with van der Waals surface area (Å²) in [5, 5.41) is 6.62. The molecule has 0 spiro atoms. The Bertz CT molecular complexity index is 517. The van der Waals surface area contributed by atoms with Crippen LogP contribution in [0.1, 0.15) is 44.6 Å². The van der Waals surface area contributed by atoms with Crippen LogP contribution in [0, 0.1) is 0 Å². The second kappa shape index (κ2) is 11.4. The molecule has 1 aromatic rings. The molecule has 2 N–H and O–H groups in total. The first-order chi connectivity index (χ1) is 11.3. The Kier molecular flexibility index (Phi) is 9.90. The zero-order chi connectivity index (χ0) is 16.5. The van der Waals surface area contributed by atoms with Gasteiger partial charge in [0.05, 0.1) is 13.2 Å². The molecule has 0 aliphatic heterocycles. The number of methoxy groups -OCH3 is 1. The first-order valence-electron chi connectivity index (χ1n) is 8.55. The molecule has 1 aromatic carbocycles. The van der Waals surface area contributed by atoms with Crippen LogP contribution in [-0.4, -0.2) is 32.8 Å². The van der Waals surface area contributed by atoms with Crippen molar-refractivity contribution in [3.8, 4) is 11.5 Å². The first-order valence-corrected chi connectivity index (χ1v) is 8.55. The van der Waals surface area contributed by atoms with E-state index in [-0.39, 0.29) is 24.0 Å². The van der Waals surface area contributed by atoms with Crippen LogP contribution in [-0.2, 0) is 6.54 Å². The fraction of sp³-hybridized carbons (Fsp3) is 0.611. The van der Waals surface area contributed by atoms with Crippen molar-refractivity contribution in [2.45, 2.75) is 51.7 Å². The number of rotatable bonds is 7. The summed E-state index contributed by atoms with van der Waals surface area (Å²) >= 11 is 0. The van der Waals surface area contributed by atoms with E-state index >= 15 is 0 Å². The lowest BCUT2D eigenvalue weighted by Gasteiger charge is -2.18. The summed E-state index contributed by atoms with van der Waals surface area (Å²) in [5.74, 6) is 2.56. The van der Waals surface area contributed by atoms with Crippen LogP contribution in [0.25, 0.3) is 0 Å². The minimum Gasteiger partial charge on any atom is -0.497 e. The molecule has 0 saturated heterocycles. The topological polar surface area (TPSA) is 54.9 Å². The number of hydrogen-bond donors (Lipinski definition) is 2. The van der Waals surface area contributed by atoms with Gasteiger partial charge in [0, 0.05) is 31.8 Å². The third-order valence-corrected chi connectivity index (χ3v) is 4.08. The van der Waals surface area contributed by atoms with Gasteiger partial charge in [0.25, 0.3) is 0 Å². The summed E-state index contributed by atoms with van der Waals surface area (Å²) < 4.78 is 11.6. The number of benzene rings is 1. The molecule has 0 radical (unpaired) electrons. The number of nitrogens with zero attached hydrogens (tertiary/aromatic N) is 1. The van der Waals surface area contributed by atoms with Gasteiger partial charge in [-0.05, 0) is 44.2 Å². The van der Waals surface area contributed by atoms with E-state index in [1.807, 2.05) is 12.1 Å². The predicted octanol–water partition coefficient (Wildman–Crippen LogP) is 3.71. The fourth-order valence-electron chi connectivity index (χ4n) is 2.75. The standard InChI is InChI=1S/C18H29N3O2.HI/c1-4-11-20-18(19-2)21-13-14-9-10-16(22-3)12-17(14)23-15-7-5-6-8-15;/h9-10,12,15H,4-8,11,13H2,1-3H3,(H2,19,20,21);1H. The monoisotopic (exact) mass is 447 g/mol. The first kappa shape index (κ1) is 20.9. The molecule has 1 fully saturated rings. The van der Waals surface area contributed by atoms with Crippen molar-refractivity contribution in [2.24, 2.45) is 4.99 Å². The van der Waals surface area contributed by atoms with Gasteiger partial charge in [-0.3, -0.25) is 4.99 Å². The number of ether oxygens (including phenoxy) is 2. The molecule has 24 heavy (non-hydrogen) atoms. The SMILES string of the molecule is CCCNC(=NC)NCc1ccc(OC)cc1OC1CCCC1.I. The van der Waals surface area contributed by atoms with Crippen molar-refractivity contribution in [1.82, 2.24) is 10.6 Å². The highest BCUT2D eigenvalue weighted by molar-refractivity contribution is 14.0. The van der Waals surface area contributed by atoms with E-state index in [0.29, 0.717) is 12.6 Å². The summed E-state index contributed by atoms with van der Waals surface area (Å²) in [7, 11) is 3.47. The van der Waals surface area contributed by atoms with Gasteiger partial charge in [0.15, 0.2) is 5.96 Å². The summed E-state index contributed by atoms with van der Waals surface area (Å²) in [6.07, 6.45) is 6.21. The van der Waals surface area contributed by atoms with Gasteiger partial charge < -0.3 is 20.1 Å². The number of guanidine groups is 1. The number of halogens is 1. The molecule has 6 heteroatoms. The lowest BCUT2D eigenvalue weighted by atomic mass is 10.2. The molecule has 0 unspecified atom stereocenters. The molecular formula is C18H30IN3O2. The molecule has 0 bridgehead atoms. The largest absolute Gasteiger partial charge is 0.497 e. The third kappa shape index (κ3) is 6.37. The molecule has 2 rings (SSSR count). The van der Waals surface area contributed by atoms with Gasteiger partial charge >= 0.3 is 0 Å². The average molecular weight is 447 g/mol. The number of aliphatic imine (C=N–C) groups is 1. The Labute approximate surface area is 162 Å². The Morgan fingerprint density at radius 1 is 1.25 bits per heavy atom. The van der Waals surface area contributed by atoms with E-state index < -0.39 is 0 Å². The zero-order valence-corrected chi connectivity index (χ0v) is 17.3. The lowest BCUT2D eigenvalue weighted by Crippen LogP contribution is -2.37. The van der Waals surface area contributed by atoms with Crippen molar-refractivity contribution in [1.29, 1.82) is 0 Å². The van der Waals surface area contributed by atoms with E-state index in [0.717, 1.165) is 48.8 Å². The van der Waals surface area contributed by atoms with Crippen LogP contribution >= 0.6 is 24.0 Å². The highest BCUT2D eigenvalue weighted by atomic mass is 127. The molecule has 5 nitrogen and oxygen atoms in total. The Hall–Kier alpha value is -1.18. The maximum absolute atomic E-state index is 6.22. The molecule has 1 saturated carbocycles. The minimum absolute atomic E-state index is 0. The van der Waals surface area contributed by atoms with E-state index in [2.05, 4.69) is 28.6 Å². The fourth-order valence-corrected chi connectivity index (χ4v) is 2.75. The zero-order valence-electron chi connectivity index (χ0n) is 14.9. The van der Waals surface area contributed by atoms with Gasteiger partial charge in [-0.15, -0.1) is 24.0 Å². The van der Waals surface area contributed by atoms with E-state index in [1.165, 1.54) is 12.8 Å². The van der Waals surface area contributed by atoms with Gasteiger partial charge in [0.2, 0.25) is 0 Å². The maximum atomic E-state index is 6.22. The average Bonchev–Trinajstić information content (AvgIpc) is 3.09. The summed E-state index contributed by atoms with van der Waals surface area (Å²) in [5.41, 5.74) is 1.12. The second-order valence-electron chi connectivity index (χ2n) is 5.85. The molecule has 0 atom stereocenters. The molecular weight excluding hydrogens is 417 g/mol. The van der Waals surface area contributed by atoms with Crippen LogP contribution in [0.2, 0.25) is 0 Å². The van der Waals surface area contributed by atoms with E-state index in [1.54, 1.807) is 14.2 Å². The normalized spacial score (nSPS) is 14.9. The highest BCUT2D eigenvalue weighted by Gasteiger charge is 2.18. The number of nitrogens with one attached hydrogen (secondary N) is 2. The van der Waals surface area contributed by atoms with Crippen LogP contribution < -0.4 is 20.1 Å². The van der Waals surface area contributed by atoms with Crippen LogP contribution in [0.5, 0.6) is 11.5 Å². The van der Waals surface area contributed by atoms with Gasteiger partial charge in [0.1, 0.15) is 11.5 Å². The molecule has 0 heterocycles. The quantitative estimate of drug-likeness (QED) is 0.380. The number of hydrogen-bond acceptors (Lipinski definition) is 3. The van der Waals surface area contributed by atoms with Crippen molar-refractivity contribution < 1.29 is 9.47 Å². The minimum atomic E-state index is 0. The summed E-state index contributed by atoms with van der Waals surface area (Å²) in [4.78, 5) is 4.24. The molecule has 1 aliphatic carbocycles.